The van der Waals surface area contributed by atoms with E-state index in [9.17, 15) is 0 Å². The zero-order valence-electron chi connectivity index (χ0n) is 12.2. The largest absolute Gasteiger partial charge is 0.491 e. The molecule has 0 amide bonds. The molecule has 1 aliphatic heterocycles. The van der Waals surface area contributed by atoms with Crippen molar-refractivity contribution in [3.8, 4) is 5.75 Å². The van der Waals surface area contributed by atoms with Crippen LogP contribution in [-0.2, 0) is 11.3 Å². The second-order valence-electron chi connectivity index (χ2n) is 4.98. The molecule has 0 saturated carbocycles. The zero-order valence-corrected chi connectivity index (χ0v) is 13.8. The molecule has 0 spiro atoms. The molecule has 5 heteroatoms. The van der Waals surface area contributed by atoms with E-state index < -0.39 is 0 Å². The highest BCUT2D eigenvalue weighted by Gasteiger charge is 2.19. The van der Waals surface area contributed by atoms with Crippen molar-refractivity contribution in [3.63, 3.8) is 0 Å². The van der Waals surface area contributed by atoms with E-state index in [0.29, 0.717) is 6.61 Å². The van der Waals surface area contributed by atoms with Crippen LogP contribution in [0.3, 0.4) is 0 Å². The van der Waals surface area contributed by atoms with Gasteiger partial charge in [-0.25, -0.2) is 0 Å². The highest BCUT2D eigenvalue weighted by molar-refractivity contribution is 9.10. The second-order valence-corrected chi connectivity index (χ2v) is 5.83. The van der Waals surface area contributed by atoms with Crippen LogP contribution >= 0.6 is 15.9 Å². The summed E-state index contributed by atoms with van der Waals surface area (Å²) in [6.45, 7) is 7.46. The quantitative estimate of drug-likeness (QED) is 0.859. The summed E-state index contributed by atoms with van der Waals surface area (Å²) in [7, 11) is 1.94. The number of benzene rings is 1. The summed E-state index contributed by atoms with van der Waals surface area (Å²) in [4.78, 5) is 2.39. The summed E-state index contributed by atoms with van der Waals surface area (Å²) >= 11 is 3.55. The number of morpholine rings is 1. The third-order valence-electron chi connectivity index (χ3n) is 3.49. The molecule has 1 heterocycles. The predicted molar refractivity (Wildman–Crippen MR) is 84.3 cm³/mol. The van der Waals surface area contributed by atoms with Gasteiger partial charge in [-0.2, -0.15) is 0 Å². The molecule has 0 bridgehead atoms. The summed E-state index contributed by atoms with van der Waals surface area (Å²) in [5.41, 5.74) is 1.20. The van der Waals surface area contributed by atoms with Gasteiger partial charge in [-0.05, 0) is 37.4 Å². The molecule has 2 rings (SSSR count). The highest BCUT2D eigenvalue weighted by atomic mass is 79.9. The van der Waals surface area contributed by atoms with Crippen molar-refractivity contribution in [3.05, 3.63) is 28.2 Å². The van der Waals surface area contributed by atoms with Crippen molar-refractivity contribution < 1.29 is 9.47 Å². The number of nitrogens with one attached hydrogen (secondary N) is 1. The number of nitrogens with zero attached hydrogens (tertiary/aromatic N) is 1. The van der Waals surface area contributed by atoms with Crippen molar-refractivity contribution >= 4 is 15.9 Å². The van der Waals surface area contributed by atoms with Gasteiger partial charge in [0.05, 0.1) is 6.61 Å². The topological polar surface area (TPSA) is 33.7 Å². The summed E-state index contributed by atoms with van der Waals surface area (Å²) in [5, 5.41) is 3.15. The van der Waals surface area contributed by atoms with E-state index in [2.05, 4.69) is 39.1 Å². The number of hydrogen-bond acceptors (Lipinski definition) is 4. The molecule has 0 radical (unpaired) electrons. The first-order valence-electron chi connectivity index (χ1n) is 7.12. The molecule has 1 aromatic rings. The number of hydrogen-bond donors (Lipinski definition) is 1. The molecule has 0 aromatic heterocycles. The molecule has 4 nitrogen and oxygen atoms in total. The van der Waals surface area contributed by atoms with Gasteiger partial charge in [0.1, 0.15) is 18.5 Å². The van der Waals surface area contributed by atoms with Crippen molar-refractivity contribution in [1.82, 2.24) is 10.2 Å². The average Bonchev–Trinajstić information content (AvgIpc) is 2.48. The van der Waals surface area contributed by atoms with Crippen LogP contribution in [0.5, 0.6) is 5.75 Å². The van der Waals surface area contributed by atoms with E-state index in [4.69, 9.17) is 9.47 Å². The first kappa shape index (κ1) is 15.8. The van der Waals surface area contributed by atoms with Crippen molar-refractivity contribution in [2.75, 3.05) is 39.9 Å². The SMILES string of the molecule is CCN1CCOC(COc2ccc(Br)c(CNC)c2)C1. The summed E-state index contributed by atoms with van der Waals surface area (Å²) in [6.07, 6.45) is 0.167. The van der Waals surface area contributed by atoms with Gasteiger partial charge < -0.3 is 14.8 Å². The van der Waals surface area contributed by atoms with E-state index in [1.807, 2.05) is 19.2 Å². The summed E-state index contributed by atoms with van der Waals surface area (Å²) in [6, 6.07) is 6.09. The summed E-state index contributed by atoms with van der Waals surface area (Å²) in [5.74, 6) is 0.899. The lowest BCUT2D eigenvalue weighted by molar-refractivity contribution is -0.0464. The van der Waals surface area contributed by atoms with Crippen molar-refractivity contribution in [2.45, 2.75) is 19.6 Å². The highest BCUT2D eigenvalue weighted by Crippen LogP contribution is 2.23. The Balaban J connectivity index is 1.88. The minimum absolute atomic E-state index is 0.167. The Labute approximate surface area is 129 Å². The third-order valence-corrected chi connectivity index (χ3v) is 4.26. The molecule has 112 valence electrons. The fourth-order valence-corrected chi connectivity index (χ4v) is 2.71. The fraction of sp³-hybridized carbons (Fsp3) is 0.600. The van der Waals surface area contributed by atoms with Gasteiger partial charge in [0.2, 0.25) is 0 Å². The van der Waals surface area contributed by atoms with E-state index in [1.54, 1.807) is 0 Å². The van der Waals surface area contributed by atoms with Crippen LogP contribution < -0.4 is 10.1 Å². The lowest BCUT2D eigenvalue weighted by Gasteiger charge is -2.31. The van der Waals surface area contributed by atoms with Gasteiger partial charge in [0.25, 0.3) is 0 Å². The molecule has 20 heavy (non-hydrogen) atoms. The molecule has 1 fully saturated rings. The van der Waals surface area contributed by atoms with Crippen LogP contribution in [0.15, 0.2) is 22.7 Å². The predicted octanol–water partition coefficient (Wildman–Crippen LogP) is 2.27. The van der Waals surface area contributed by atoms with Crippen LogP contribution in [0.1, 0.15) is 12.5 Å². The van der Waals surface area contributed by atoms with Crippen molar-refractivity contribution in [1.29, 1.82) is 0 Å². The molecule has 1 saturated heterocycles. The smallest absolute Gasteiger partial charge is 0.119 e. The number of halogens is 1. The Hall–Kier alpha value is -0.620. The normalized spacial score (nSPS) is 20.1. The maximum Gasteiger partial charge on any atom is 0.119 e. The van der Waals surface area contributed by atoms with Gasteiger partial charge in [-0.1, -0.05) is 22.9 Å². The Kier molecular flexibility index (Phi) is 6.29. The molecule has 1 aromatic carbocycles. The molecular weight excluding hydrogens is 320 g/mol. The molecular formula is C15H23BrN2O2. The molecule has 1 N–H and O–H groups in total. The van der Waals surface area contributed by atoms with E-state index >= 15 is 0 Å². The first-order chi connectivity index (χ1) is 9.72. The van der Waals surface area contributed by atoms with E-state index in [1.165, 1.54) is 5.56 Å². The zero-order chi connectivity index (χ0) is 14.4. The molecule has 1 atom stereocenters. The molecule has 1 aliphatic rings. The van der Waals surface area contributed by atoms with Crippen LogP contribution in [0.25, 0.3) is 0 Å². The van der Waals surface area contributed by atoms with Crippen LogP contribution in [0, 0.1) is 0 Å². The molecule has 1 unspecified atom stereocenters. The van der Waals surface area contributed by atoms with Crippen molar-refractivity contribution in [2.24, 2.45) is 0 Å². The fourth-order valence-electron chi connectivity index (χ4n) is 2.32. The second kappa shape index (κ2) is 7.98. The van der Waals surface area contributed by atoms with Gasteiger partial charge in [-0.15, -0.1) is 0 Å². The maximum absolute atomic E-state index is 5.88. The number of ether oxygens (including phenoxy) is 2. The first-order valence-corrected chi connectivity index (χ1v) is 7.92. The number of rotatable bonds is 6. The Morgan fingerprint density at radius 2 is 2.35 bits per heavy atom. The third kappa shape index (κ3) is 4.45. The van der Waals surface area contributed by atoms with E-state index in [0.717, 1.165) is 43.0 Å². The Morgan fingerprint density at radius 3 is 3.10 bits per heavy atom. The van der Waals surface area contributed by atoms with E-state index in [-0.39, 0.29) is 6.10 Å². The lowest BCUT2D eigenvalue weighted by Crippen LogP contribution is -2.44. The van der Waals surface area contributed by atoms with Gasteiger partial charge >= 0.3 is 0 Å². The van der Waals surface area contributed by atoms with Crippen LogP contribution in [0.4, 0.5) is 0 Å². The summed E-state index contributed by atoms with van der Waals surface area (Å²) < 4.78 is 12.7. The van der Waals surface area contributed by atoms with Gasteiger partial charge in [-0.3, -0.25) is 4.90 Å². The monoisotopic (exact) mass is 342 g/mol. The maximum atomic E-state index is 5.88. The minimum Gasteiger partial charge on any atom is -0.491 e. The standard InChI is InChI=1S/C15H23BrN2O2/c1-3-18-6-7-19-14(10-18)11-20-13-4-5-15(16)12(8-13)9-17-2/h4-5,8,14,17H,3,6-7,9-11H2,1-2H3. The minimum atomic E-state index is 0.167. The Bertz CT molecular complexity index is 428. The lowest BCUT2D eigenvalue weighted by atomic mass is 10.2. The number of likely N-dealkylation sites (N-methyl/N-ethyl adjacent to an activating group) is 1. The Morgan fingerprint density at radius 1 is 1.50 bits per heavy atom. The van der Waals surface area contributed by atoms with Crippen LogP contribution in [-0.4, -0.2) is 50.9 Å². The van der Waals surface area contributed by atoms with Gasteiger partial charge in [0.15, 0.2) is 0 Å². The van der Waals surface area contributed by atoms with Crippen LogP contribution in [0.2, 0.25) is 0 Å². The van der Waals surface area contributed by atoms with Gasteiger partial charge in [0, 0.05) is 24.1 Å². The molecule has 0 aliphatic carbocycles. The average molecular weight is 343 g/mol.